The van der Waals surface area contributed by atoms with E-state index in [1.165, 1.54) is 0 Å². The molecule has 4 heteroatoms. The summed E-state index contributed by atoms with van der Waals surface area (Å²) < 4.78 is 2.15. The summed E-state index contributed by atoms with van der Waals surface area (Å²) in [7, 11) is 0. The smallest absolute Gasteiger partial charge is 0.141 e. The van der Waals surface area contributed by atoms with Crippen LogP contribution >= 0.6 is 11.6 Å². The van der Waals surface area contributed by atoms with Gasteiger partial charge in [-0.1, -0.05) is 30.7 Å². The van der Waals surface area contributed by atoms with Gasteiger partial charge in [-0.05, 0) is 36.8 Å². The Hall–Kier alpha value is -2.00. The van der Waals surface area contributed by atoms with Gasteiger partial charge in [-0.3, -0.25) is 0 Å². The number of benzene rings is 2. The van der Waals surface area contributed by atoms with Gasteiger partial charge in [-0.25, -0.2) is 4.98 Å². The molecule has 0 unspecified atom stereocenters. The predicted molar refractivity (Wildman–Crippen MR) is 82.1 cm³/mol. The molecule has 0 saturated carbocycles. The van der Waals surface area contributed by atoms with Gasteiger partial charge in [0.2, 0.25) is 0 Å². The zero-order valence-electron chi connectivity index (χ0n) is 11.2. The first kappa shape index (κ1) is 13.0. The summed E-state index contributed by atoms with van der Waals surface area (Å²) in [6.07, 6.45) is 1.00. The molecule has 2 aromatic carbocycles. The van der Waals surface area contributed by atoms with Crippen molar-refractivity contribution in [3.63, 3.8) is 0 Å². The van der Waals surface area contributed by atoms with Gasteiger partial charge in [-0.2, -0.15) is 0 Å². The van der Waals surface area contributed by atoms with E-state index < -0.39 is 0 Å². The molecule has 0 amide bonds. The third-order valence-corrected chi connectivity index (χ3v) is 3.50. The van der Waals surface area contributed by atoms with E-state index in [9.17, 15) is 5.11 Å². The number of phenols is 1. The number of hydrogen-bond acceptors (Lipinski definition) is 2. The number of halogens is 1. The second-order valence-corrected chi connectivity index (χ2v) is 5.21. The highest BCUT2D eigenvalue weighted by Gasteiger charge is 2.12. The van der Waals surface area contributed by atoms with Crippen LogP contribution in [0.25, 0.3) is 22.4 Å². The fraction of sp³-hybridized carbons (Fsp3) is 0.188. The van der Waals surface area contributed by atoms with Crippen molar-refractivity contribution in [3.05, 3.63) is 47.5 Å². The van der Waals surface area contributed by atoms with Gasteiger partial charge in [0.05, 0.1) is 11.0 Å². The number of aryl methyl sites for hydroxylation is 1. The molecule has 0 aliphatic heterocycles. The van der Waals surface area contributed by atoms with Gasteiger partial charge in [0.15, 0.2) is 0 Å². The fourth-order valence-electron chi connectivity index (χ4n) is 2.41. The first-order chi connectivity index (χ1) is 9.69. The van der Waals surface area contributed by atoms with E-state index in [1.807, 2.05) is 30.3 Å². The molecule has 102 valence electrons. The van der Waals surface area contributed by atoms with E-state index >= 15 is 0 Å². The Labute approximate surface area is 122 Å². The topological polar surface area (TPSA) is 38.0 Å². The SMILES string of the molecule is CCCn1c(-c2cccc(O)c2)nc2ccc(Cl)cc21. The standard InChI is InChI=1S/C16H15ClN2O/c1-2-8-19-15-10-12(17)6-7-14(15)18-16(19)11-4-3-5-13(20)9-11/h3-7,9-10,20H,2,8H2,1H3. The van der Waals surface area contributed by atoms with Crippen LogP contribution in [0.1, 0.15) is 13.3 Å². The molecule has 1 aromatic heterocycles. The number of aromatic nitrogens is 2. The molecular weight excluding hydrogens is 272 g/mol. The van der Waals surface area contributed by atoms with Crippen molar-refractivity contribution in [2.45, 2.75) is 19.9 Å². The molecule has 20 heavy (non-hydrogen) atoms. The quantitative estimate of drug-likeness (QED) is 0.771. The highest BCUT2D eigenvalue weighted by atomic mass is 35.5. The van der Waals surface area contributed by atoms with Gasteiger partial charge >= 0.3 is 0 Å². The van der Waals surface area contributed by atoms with E-state index in [-0.39, 0.29) is 5.75 Å². The summed E-state index contributed by atoms with van der Waals surface area (Å²) in [6, 6.07) is 12.9. The van der Waals surface area contributed by atoms with Crippen LogP contribution in [0.15, 0.2) is 42.5 Å². The van der Waals surface area contributed by atoms with Crippen LogP contribution in [0.4, 0.5) is 0 Å². The first-order valence-electron chi connectivity index (χ1n) is 6.64. The normalized spacial score (nSPS) is 11.1. The Morgan fingerprint density at radius 2 is 2.05 bits per heavy atom. The lowest BCUT2D eigenvalue weighted by Gasteiger charge is -2.08. The number of fused-ring (bicyclic) bond motifs is 1. The number of hydrogen-bond donors (Lipinski definition) is 1. The second kappa shape index (κ2) is 5.17. The van der Waals surface area contributed by atoms with E-state index in [0.29, 0.717) is 5.02 Å². The van der Waals surface area contributed by atoms with Crippen LogP contribution < -0.4 is 0 Å². The third-order valence-electron chi connectivity index (χ3n) is 3.26. The molecular formula is C16H15ClN2O. The molecule has 3 aromatic rings. The summed E-state index contributed by atoms with van der Waals surface area (Å²) in [6.45, 7) is 2.99. The third kappa shape index (κ3) is 2.25. The van der Waals surface area contributed by atoms with Crippen molar-refractivity contribution in [1.29, 1.82) is 0 Å². The molecule has 0 fully saturated rings. The minimum absolute atomic E-state index is 0.246. The molecule has 1 N–H and O–H groups in total. The predicted octanol–water partition coefficient (Wildman–Crippen LogP) is 4.47. The number of imidazole rings is 1. The molecule has 0 spiro atoms. The molecule has 3 rings (SSSR count). The molecule has 0 saturated heterocycles. The zero-order chi connectivity index (χ0) is 14.1. The summed E-state index contributed by atoms with van der Waals surface area (Å²) in [5, 5.41) is 10.4. The molecule has 3 nitrogen and oxygen atoms in total. The molecule has 0 aliphatic rings. The number of nitrogens with zero attached hydrogens (tertiary/aromatic N) is 2. The Kier molecular flexibility index (Phi) is 3.36. The average Bonchev–Trinajstić information content (AvgIpc) is 2.78. The lowest BCUT2D eigenvalue weighted by atomic mass is 10.2. The van der Waals surface area contributed by atoms with Gasteiger partial charge in [0.1, 0.15) is 11.6 Å². The Morgan fingerprint density at radius 1 is 1.20 bits per heavy atom. The second-order valence-electron chi connectivity index (χ2n) is 4.77. The van der Waals surface area contributed by atoms with E-state index in [4.69, 9.17) is 11.6 Å². The van der Waals surface area contributed by atoms with E-state index in [0.717, 1.165) is 35.4 Å². The summed E-state index contributed by atoms with van der Waals surface area (Å²) >= 11 is 6.09. The van der Waals surface area contributed by atoms with Gasteiger partial charge < -0.3 is 9.67 Å². The van der Waals surface area contributed by atoms with Crippen molar-refractivity contribution in [2.75, 3.05) is 0 Å². The lowest BCUT2D eigenvalue weighted by molar-refractivity contribution is 0.475. The Bertz CT molecular complexity index is 764. The van der Waals surface area contributed by atoms with E-state index in [2.05, 4.69) is 16.5 Å². The van der Waals surface area contributed by atoms with E-state index in [1.54, 1.807) is 12.1 Å². The Morgan fingerprint density at radius 3 is 2.80 bits per heavy atom. The maximum atomic E-state index is 9.66. The summed E-state index contributed by atoms with van der Waals surface area (Å²) in [5.41, 5.74) is 2.85. The maximum Gasteiger partial charge on any atom is 0.141 e. The molecule has 0 radical (unpaired) electrons. The largest absolute Gasteiger partial charge is 0.508 e. The Balaban J connectivity index is 2.26. The minimum atomic E-state index is 0.246. The van der Waals surface area contributed by atoms with Crippen molar-refractivity contribution in [1.82, 2.24) is 9.55 Å². The van der Waals surface area contributed by atoms with Crippen LogP contribution in [-0.2, 0) is 6.54 Å². The van der Waals surface area contributed by atoms with Crippen LogP contribution in [-0.4, -0.2) is 14.7 Å². The minimum Gasteiger partial charge on any atom is -0.508 e. The number of rotatable bonds is 3. The monoisotopic (exact) mass is 286 g/mol. The zero-order valence-corrected chi connectivity index (χ0v) is 11.9. The summed E-state index contributed by atoms with van der Waals surface area (Å²) in [5.74, 6) is 1.11. The molecule has 0 bridgehead atoms. The highest BCUT2D eigenvalue weighted by Crippen LogP contribution is 2.28. The van der Waals surface area contributed by atoms with Gasteiger partial charge in [0.25, 0.3) is 0 Å². The number of phenolic OH excluding ortho intramolecular Hbond substituents is 1. The van der Waals surface area contributed by atoms with Crippen molar-refractivity contribution < 1.29 is 5.11 Å². The molecule has 0 aliphatic carbocycles. The van der Waals surface area contributed by atoms with Crippen LogP contribution in [0, 0.1) is 0 Å². The van der Waals surface area contributed by atoms with Gasteiger partial charge in [-0.15, -0.1) is 0 Å². The first-order valence-corrected chi connectivity index (χ1v) is 7.02. The fourth-order valence-corrected chi connectivity index (χ4v) is 2.58. The van der Waals surface area contributed by atoms with Crippen molar-refractivity contribution >= 4 is 22.6 Å². The van der Waals surface area contributed by atoms with Crippen LogP contribution in [0.3, 0.4) is 0 Å². The van der Waals surface area contributed by atoms with Crippen molar-refractivity contribution in [3.8, 4) is 17.1 Å². The van der Waals surface area contributed by atoms with Gasteiger partial charge in [0, 0.05) is 17.1 Å². The molecule has 0 atom stereocenters. The average molecular weight is 287 g/mol. The highest BCUT2D eigenvalue weighted by molar-refractivity contribution is 6.31. The molecule has 1 heterocycles. The summed E-state index contributed by atoms with van der Waals surface area (Å²) in [4.78, 5) is 4.68. The van der Waals surface area contributed by atoms with Crippen LogP contribution in [0.5, 0.6) is 5.75 Å². The van der Waals surface area contributed by atoms with Crippen molar-refractivity contribution in [2.24, 2.45) is 0 Å². The lowest BCUT2D eigenvalue weighted by Crippen LogP contribution is -1.99. The number of aromatic hydroxyl groups is 1. The maximum absolute atomic E-state index is 9.66. The van der Waals surface area contributed by atoms with Crippen LogP contribution in [0.2, 0.25) is 5.02 Å².